The molecule has 0 spiro atoms. The van der Waals surface area contributed by atoms with E-state index in [4.69, 9.17) is 5.11 Å². The van der Waals surface area contributed by atoms with Gasteiger partial charge in [-0.15, -0.1) is 0 Å². The lowest BCUT2D eigenvalue weighted by Crippen LogP contribution is -2.26. The highest BCUT2D eigenvalue weighted by molar-refractivity contribution is 6.10. The van der Waals surface area contributed by atoms with Crippen LogP contribution in [0.3, 0.4) is 0 Å². The number of carboxylic acids is 1. The summed E-state index contributed by atoms with van der Waals surface area (Å²) < 4.78 is 1.04. The molecule has 1 aliphatic heterocycles. The first kappa shape index (κ1) is 9.71. The summed E-state index contributed by atoms with van der Waals surface area (Å²) in [6, 6.07) is 0.849. The summed E-state index contributed by atoms with van der Waals surface area (Å²) in [5, 5.41) is 12.6. The Hall–Kier alpha value is -2.50. The highest BCUT2D eigenvalue weighted by Crippen LogP contribution is 2.27. The van der Waals surface area contributed by atoms with E-state index in [1.807, 2.05) is 12.2 Å². The van der Waals surface area contributed by atoms with E-state index in [1.54, 1.807) is 12.2 Å². The van der Waals surface area contributed by atoms with Gasteiger partial charge in [-0.2, -0.15) is 14.8 Å². The van der Waals surface area contributed by atoms with Gasteiger partial charge in [-0.25, -0.2) is 9.59 Å². The molecular formula is C11H7N3O3. The van der Waals surface area contributed by atoms with Gasteiger partial charge in [-0.3, -0.25) is 0 Å². The predicted octanol–water partition coefficient (Wildman–Crippen LogP) is 1.21. The Balaban J connectivity index is 2.18. The summed E-state index contributed by atoms with van der Waals surface area (Å²) in [5.74, 6) is -1.35. The monoisotopic (exact) mass is 229 g/mol. The number of fused-ring (bicyclic) bond motifs is 3. The van der Waals surface area contributed by atoms with Crippen LogP contribution in [-0.2, 0) is 0 Å². The van der Waals surface area contributed by atoms with E-state index in [0.29, 0.717) is 11.4 Å². The van der Waals surface area contributed by atoms with Crippen molar-refractivity contribution in [2.24, 2.45) is 4.99 Å². The lowest BCUT2D eigenvalue weighted by molar-refractivity contribution is 0.0690. The number of hydrogen-bond acceptors (Lipinski definition) is 3. The van der Waals surface area contributed by atoms with Gasteiger partial charge in [0.2, 0.25) is 0 Å². The Morgan fingerprint density at radius 3 is 3.00 bits per heavy atom. The van der Waals surface area contributed by atoms with E-state index in [1.165, 1.54) is 6.07 Å². The molecule has 2 aliphatic rings. The van der Waals surface area contributed by atoms with Crippen molar-refractivity contribution >= 4 is 17.7 Å². The summed E-state index contributed by atoms with van der Waals surface area (Å²) in [6.07, 6.45) is 7.20. The van der Waals surface area contributed by atoms with Crippen LogP contribution in [-0.4, -0.2) is 32.6 Å². The zero-order valence-electron chi connectivity index (χ0n) is 8.57. The second-order valence-electron chi connectivity index (χ2n) is 3.71. The molecule has 1 N–H and O–H groups in total. The molecule has 0 saturated heterocycles. The number of allylic oxidation sites excluding steroid dienone is 4. The molecule has 0 aromatic carbocycles. The fraction of sp³-hybridized carbons (Fsp3) is 0.0909. The van der Waals surface area contributed by atoms with Gasteiger partial charge in [0.25, 0.3) is 0 Å². The van der Waals surface area contributed by atoms with E-state index in [2.05, 4.69) is 10.1 Å². The minimum Gasteiger partial charge on any atom is -0.476 e. The molecule has 2 heterocycles. The zero-order chi connectivity index (χ0) is 12.0. The van der Waals surface area contributed by atoms with Gasteiger partial charge in [0.05, 0.1) is 17.3 Å². The Kier molecular flexibility index (Phi) is 1.85. The van der Waals surface area contributed by atoms with Crippen LogP contribution < -0.4 is 0 Å². The number of nitrogens with zero attached hydrogens (tertiary/aromatic N) is 3. The van der Waals surface area contributed by atoms with Crippen LogP contribution in [0.15, 0.2) is 35.4 Å². The number of amides is 1. The van der Waals surface area contributed by atoms with Gasteiger partial charge in [0.1, 0.15) is 0 Å². The molecule has 1 unspecified atom stereocenters. The number of carboxylic acid groups (broad SMARTS) is 1. The van der Waals surface area contributed by atoms with Crippen molar-refractivity contribution in [2.75, 3.05) is 0 Å². The van der Waals surface area contributed by atoms with Crippen molar-refractivity contribution in [3.63, 3.8) is 0 Å². The molecule has 0 radical (unpaired) electrons. The highest BCUT2D eigenvalue weighted by Gasteiger charge is 2.30. The van der Waals surface area contributed by atoms with Gasteiger partial charge in [-0.05, 0) is 12.1 Å². The number of rotatable bonds is 1. The van der Waals surface area contributed by atoms with Crippen LogP contribution in [0.4, 0.5) is 4.79 Å². The molecule has 84 valence electrons. The minimum absolute atomic E-state index is 0.146. The lowest BCUT2D eigenvalue weighted by atomic mass is 9.93. The number of carbonyl (C=O) groups excluding carboxylic acids is 1. The summed E-state index contributed by atoms with van der Waals surface area (Å²) in [6.45, 7) is 0. The van der Waals surface area contributed by atoms with Crippen LogP contribution in [0, 0.1) is 0 Å². The Morgan fingerprint density at radius 1 is 1.41 bits per heavy atom. The van der Waals surface area contributed by atoms with Crippen molar-refractivity contribution in [1.82, 2.24) is 9.78 Å². The molecule has 0 fully saturated rings. The summed E-state index contributed by atoms with van der Waals surface area (Å²) in [5.41, 5.74) is 1.01. The number of hydrogen-bond donors (Lipinski definition) is 1. The van der Waals surface area contributed by atoms with Crippen LogP contribution in [0.25, 0.3) is 0 Å². The third-order valence-electron chi connectivity index (χ3n) is 2.68. The van der Waals surface area contributed by atoms with Gasteiger partial charge in [0, 0.05) is 0 Å². The molecule has 6 nitrogen and oxygen atoms in total. The van der Waals surface area contributed by atoms with Crippen molar-refractivity contribution in [3.8, 4) is 0 Å². The quantitative estimate of drug-likeness (QED) is 0.784. The molecule has 6 heteroatoms. The Bertz CT molecular complexity index is 622. The first-order valence-corrected chi connectivity index (χ1v) is 4.98. The Morgan fingerprint density at radius 2 is 2.24 bits per heavy atom. The van der Waals surface area contributed by atoms with E-state index >= 15 is 0 Å². The van der Waals surface area contributed by atoms with Crippen molar-refractivity contribution in [1.29, 1.82) is 0 Å². The average molecular weight is 229 g/mol. The number of aliphatic imine (C=N–C) groups is 1. The maximum atomic E-state index is 11.6. The van der Waals surface area contributed by atoms with Gasteiger partial charge in [-0.1, -0.05) is 18.2 Å². The van der Waals surface area contributed by atoms with Crippen LogP contribution in [0.1, 0.15) is 22.1 Å². The zero-order valence-corrected chi connectivity index (χ0v) is 8.57. The number of aromatic nitrogens is 2. The molecule has 0 bridgehead atoms. The highest BCUT2D eigenvalue weighted by atomic mass is 16.4. The topological polar surface area (TPSA) is 84.5 Å². The molecule has 17 heavy (non-hydrogen) atoms. The second-order valence-corrected chi connectivity index (χ2v) is 3.71. The standard InChI is InChI=1S/C11H7N3O3/c15-10(16)8-5-9-6-3-1-2-4-7(6)12-11(17)14(9)13-8/h1-6H,(H,15,16). The fourth-order valence-electron chi connectivity index (χ4n) is 1.92. The van der Waals surface area contributed by atoms with Crippen molar-refractivity contribution in [3.05, 3.63) is 41.8 Å². The maximum Gasteiger partial charge on any atom is 0.368 e. The minimum atomic E-state index is -1.16. The maximum absolute atomic E-state index is 11.6. The first-order chi connectivity index (χ1) is 8.16. The van der Waals surface area contributed by atoms with E-state index in [9.17, 15) is 9.59 Å². The van der Waals surface area contributed by atoms with E-state index < -0.39 is 12.0 Å². The molecular weight excluding hydrogens is 222 g/mol. The average Bonchev–Trinajstić information content (AvgIpc) is 2.75. The summed E-state index contributed by atoms with van der Waals surface area (Å²) >= 11 is 0. The third-order valence-corrected chi connectivity index (χ3v) is 2.68. The van der Waals surface area contributed by atoms with E-state index in [0.717, 1.165) is 4.68 Å². The van der Waals surface area contributed by atoms with Crippen LogP contribution >= 0.6 is 0 Å². The van der Waals surface area contributed by atoms with Gasteiger partial charge < -0.3 is 5.11 Å². The molecule has 0 saturated carbocycles. The molecule has 1 aromatic heterocycles. The number of aromatic carboxylic acids is 1. The van der Waals surface area contributed by atoms with Gasteiger partial charge >= 0.3 is 12.0 Å². The largest absolute Gasteiger partial charge is 0.476 e. The SMILES string of the molecule is O=C(O)c1cc2n(n1)C(=O)N=C1C=CC=CC12. The summed E-state index contributed by atoms with van der Waals surface area (Å²) in [4.78, 5) is 26.3. The molecule has 1 aromatic rings. The lowest BCUT2D eigenvalue weighted by Gasteiger charge is -2.19. The van der Waals surface area contributed by atoms with E-state index in [-0.39, 0.29) is 11.6 Å². The third kappa shape index (κ3) is 1.34. The van der Waals surface area contributed by atoms with Crippen molar-refractivity contribution in [2.45, 2.75) is 5.92 Å². The molecule has 1 amide bonds. The predicted molar refractivity (Wildman–Crippen MR) is 58.4 cm³/mol. The molecule has 1 atom stereocenters. The molecule has 3 rings (SSSR count). The Labute approximate surface area is 95.6 Å². The van der Waals surface area contributed by atoms with Crippen LogP contribution in [0.5, 0.6) is 0 Å². The number of carbonyl (C=O) groups is 2. The first-order valence-electron chi connectivity index (χ1n) is 4.98. The second kappa shape index (κ2) is 3.24. The summed E-state index contributed by atoms with van der Waals surface area (Å²) in [7, 11) is 0. The van der Waals surface area contributed by atoms with Gasteiger partial charge in [0.15, 0.2) is 5.69 Å². The van der Waals surface area contributed by atoms with Crippen molar-refractivity contribution < 1.29 is 14.7 Å². The fourth-order valence-corrected chi connectivity index (χ4v) is 1.92. The smallest absolute Gasteiger partial charge is 0.368 e. The van der Waals surface area contributed by atoms with Crippen LogP contribution in [0.2, 0.25) is 0 Å². The molecule has 1 aliphatic carbocycles. The normalized spacial score (nSPS) is 20.8.